The molecule has 4 rings (SSSR count). The number of amides is 2. The minimum atomic E-state index is -1.30. The number of hydrogen-bond donors (Lipinski definition) is 2. The Balaban J connectivity index is 1.49. The predicted molar refractivity (Wildman–Crippen MR) is 131 cm³/mol. The molecule has 5 nitrogen and oxygen atoms in total. The number of nitrogens with one attached hydrogen (secondary N) is 2. The second kappa shape index (κ2) is 8.69. The van der Waals surface area contributed by atoms with Crippen LogP contribution in [0.4, 0.5) is 5.69 Å². The maximum Gasteiger partial charge on any atom is 0.253 e. The molecule has 2 atom stereocenters. The topological polar surface area (TPSA) is 70.6 Å². The number of alkyl halides is 2. The van der Waals surface area contributed by atoms with Crippen molar-refractivity contribution in [2.75, 3.05) is 11.9 Å². The van der Waals surface area contributed by atoms with Gasteiger partial charge in [0.25, 0.3) is 5.91 Å². The molecule has 0 unspecified atom stereocenters. The van der Waals surface area contributed by atoms with Gasteiger partial charge in [-0.25, -0.2) is 0 Å². The van der Waals surface area contributed by atoms with Crippen molar-refractivity contribution in [1.82, 2.24) is 5.32 Å². The molecular weight excluding hydrogens is 516 g/mol. The Morgan fingerprint density at radius 2 is 1.72 bits per heavy atom. The van der Waals surface area contributed by atoms with Gasteiger partial charge >= 0.3 is 0 Å². The number of rotatable bonds is 7. The molecule has 2 N–H and O–H groups in total. The first-order valence-corrected chi connectivity index (χ1v) is 11.6. The number of hydrogen-bond acceptors (Lipinski definition) is 3. The van der Waals surface area contributed by atoms with E-state index >= 15 is 0 Å². The lowest BCUT2D eigenvalue weighted by Gasteiger charge is -2.16. The van der Waals surface area contributed by atoms with Crippen molar-refractivity contribution in [3.8, 4) is 0 Å². The third-order valence-corrected chi connectivity index (χ3v) is 7.41. The van der Waals surface area contributed by atoms with Gasteiger partial charge in [0, 0.05) is 21.7 Å². The summed E-state index contributed by atoms with van der Waals surface area (Å²) in [5.41, 5.74) is 0.957. The third kappa shape index (κ3) is 4.73. The normalized spacial score (nSPS) is 22.0. The molecule has 0 aromatic heterocycles. The number of carbonyl (C=O) groups is 2. The largest absolute Gasteiger partial charge is 0.345 e. The molecule has 168 valence electrons. The van der Waals surface area contributed by atoms with Gasteiger partial charge < -0.3 is 10.6 Å². The molecule has 2 aliphatic rings. The monoisotopic (exact) mass is 531 g/mol. The second-order valence-corrected chi connectivity index (χ2v) is 10.9. The van der Waals surface area contributed by atoms with Crippen molar-refractivity contribution in [1.29, 1.82) is 0 Å². The van der Waals surface area contributed by atoms with Gasteiger partial charge in [-0.05, 0) is 61.5 Å². The van der Waals surface area contributed by atoms with Crippen LogP contribution < -0.4 is 10.6 Å². The number of aliphatic imine (C=N–C) groups is 1. The summed E-state index contributed by atoms with van der Waals surface area (Å²) in [6.45, 7) is 3.93. The second-order valence-electron chi connectivity index (χ2n) is 8.13. The highest BCUT2D eigenvalue weighted by Crippen LogP contribution is 2.65. The van der Waals surface area contributed by atoms with E-state index in [0.29, 0.717) is 27.8 Å². The van der Waals surface area contributed by atoms with Crippen molar-refractivity contribution >= 4 is 82.2 Å². The Hall–Kier alpha value is -1.50. The Labute approximate surface area is 210 Å². The van der Waals surface area contributed by atoms with Crippen LogP contribution in [0, 0.1) is 5.92 Å². The van der Waals surface area contributed by atoms with Crippen LogP contribution in [0.15, 0.2) is 41.4 Å². The van der Waals surface area contributed by atoms with Crippen LogP contribution in [0.3, 0.4) is 0 Å². The highest BCUT2D eigenvalue weighted by atomic mass is 35.5. The van der Waals surface area contributed by atoms with Gasteiger partial charge in [0.1, 0.15) is 4.33 Å². The summed E-state index contributed by atoms with van der Waals surface area (Å²) in [5.74, 6) is -1.92. The number of halogens is 5. The van der Waals surface area contributed by atoms with E-state index in [0.717, 1.165) is 12.8 Å². The molecule has 2 saturated carbocycles. The van der Waals surface area contributed by atoms with Crippen LogP contribution in [0.1, 0.15) is 34.7 Å². The Morgan fingerprint density at radius 1 is 1.06 bits per heavy atom. The first-order valence-electron chi connectivity index (χ1n) is 9.75. The first-order chi connectivity index (χ1) is 15.1. The standard InChI is InChI=1S/C22H18Cl5N3O2/c1-28-10-21(4-5-21)30-19(31)15-9-14(2-3-16(15)25)29-20(32)18-17(22(18,26)27)11-6-12(23)8-13(24)7-11/h2-3,6-9,17-18H,1,4-5,10H2,(H,29,32)(H,30,31)/t17-,18+/m1/s1. The molecule has 2 aliphatic carbocycles. The zero-order valence-electron chi connectivity index (χ0n) is 16.6. The predicted octanol–water partition coefficient (Wildman–Crippen LogP) is 6.14. The summed E-state index contributed by atoms with van der Waals surface area (Å²) < 4.78 is -1.30. The van der Waals surface area contributed by atoms with Gasteiger partial charge in [-0.1, -0.05) is 34.8 Å². The van der Waals surface area contributed by atoms with Crippen molar-refractivity contribution in [3.05, 3.63) is 62.6 Å². The van der Waals surface area contributed by atoms with E-state index < -0.39 is 16.2 Å². The van der Waals surface area contributed by atoms with E-state index in [2.05, 4.69) is 22.3 Å². The fourth-order valence-electron chi connectivity index (χ4n) is 3.82. The van der Waals surface area contributed by atoms with E-state index in [9.17, 15) is 9.59 Å². The van der Waals surface area contributed by atoms with Crippen molar-refractivity contribution < 1.29 is 9.59 Å². The number of anilines is 1. The minimum absolute atomic E-state index is 0.247. The summed E-state index contributed by atoms with van der Waals surface area (Å²) in [6, 6.07) is 9.62. The van der Waals surface area contributed by atoms with Gasteiger partial charge in [0.2, 0.25) is 5.91 Å². The average molecular weight is 534 g/mol. The molecule has 0 spiro atoms. The molecule has 2 fully saturated rings. The summed E-state index contributed by atoms with van der Waals surface area (Å²) in [7, 11) is 0. The first kappa shape index (κ1) is 23.7. The molecule has 2 amide bonds. The maximum absolute atomic E-state index is 12.9. The van der Waals surface area contributed by atoms with Gasteiger partial charge in [0.05, 0.1) is 28.6 Å². The van der Waals surface area contributed by atoms with Crippen LogP contribution in [0.25, 0.3) is 0 Å². The van der Waals surface area contributed by atoms with E-state index in [1.807, 2.05) is 0 Å². The number of nitrogens with zero attached hydrogens (tertiary/aromatic N) is 1. The quantitative estimate of drug-likeness (QED) is 0.332. The minimum Gasteiger partial charge on any atom is -0.345 e. The summed E-state index contributed by atoms with van der Waals surface area (Å²) in [5, 5.41) is 6.85. The molecule has 0 heterocycles. The highest BCUT2D eigenvalue weighted by Gasteiger charge is 2.67. The SMILES string of the molecule is C=NCC1(NC(=O)c2cc(NC(=O)[C@@H]3[C@@H](c4cc(Cl)cc(Cl)c4)C3(Cl)Cl)ccc2Cl)CC1. The summed E-state index contributed by atoms with van der Waals surface area (Å²) in [4.78, 5) is 29.6. The third-order valence-electron chi connectivity index (χ3n) is 5.71. The Kier molecular flexibility index (Phi) is 6.43. The molecule has 0 radical (unpaired) electrons. The average Bonchev–Trinajstić information content (AvgIpc) is 3.57. The van der Waals surface area contributed by atoms with Gasteiger partial charge in [0.15, 0.2) is 0 Å². The number of benzene rings is 2. The highest BCUT2D eigenvalue weighted by molar-refractivity contribution is 6.53. The van der Waals surface area contributed by atoms with Crippen molar-refractivity contribution in [3.63, 3.8) is 0 Å². The molecule has 0 saturated heterocycles. The summed E-state index contributed by atoms with van der Waals surface area (Å²) in [6.07, 6.45) is 1.66. The molecule has 0 bridgehead atoms. The van der Waals surface area contributed by atoms with E-state index in [1.165, 1.54) is 6.07 Å². The van der Waals surface area contributed by atoms with E-state index in [4.69, 9.17) is 58.0 Å². The van der Waals surface area contributed by atoms with Crippen LogP contribution >= 0.6 is 58.0 Å². The fraction of sp³-hybridized carbons (Fsp3) is 0.318. The maximum atomic E-state index is 12.9. The Bertz CT molecular complexity index is 1100. The molecular formula is C22H18Cl5N3O2. The Morgan fingerprint density at radius 3 is 2.31 bits per heavy atom. The zero-order valence-corrected chi connectivity index (χ0v) is 20.4. The van der Waals surface area contributed by atoms with Crippen LogP contribution in [0.5, 0.6) is 0 Å². The molecule has 2 aromatic rings. The van der Waals surface area contributed by atoms with Gasteiger partial charge in [-0.15, -0.1) is 23.2 Å². The smallest absolute Gasteiger partial charge is 0.253 e. The van der Waals surface area contributed by atoms with Gasteiger partial charge in [-0.3, -0.25) is 14.6 Å². The van der Waals surface area contributed by atoms with Crippen LogP contribution in [-0.2, 0) is 4.79 Å². The van der Waals surface area contributed by atoms with Crippen molar-refractivity contribution in [2.24, 2.45) is 10.9 Å². The van der Waals surface area contributed by atoms with Gasteiger partial charge in [-0.2, -0.15) is 0 Å². The lowest BCUT2D eigenvalue weighted by atomic mass is 10.1. The molecule has 2 aromatic carbocycles. The van der Waals surface area contributed by atoms with E-state index in [-0.39, 0.29) is 27.9 Å². The summed E-state index contributed by atoms with van der Waals surface area (Å²) >= 11 is 31.2. The fourth-order valence-corrected chi connectivity index (χ4v) is 5.39. The molecule has 10 heteroatoms. The zero-order chi connectivity index (χ0) is 23.3. The van der Waals surface area contributed by atoms with Crippen LogP contribution in [-0.4, -0.2) is 34.9 Å². The molecule has 32 heavy (non-hydrogen) atoms. The van der Waals surface area contributed by atoms with Crippen LogP contribution in [0.2, 0.25) is 15.1 Å². The van der Waals surface area contributed by atoms with Crippen molar-refractivity contribution in [2.45, 2.75) is 28.6 Å². The number of carbonyl (C=O) groups excluding carboxylic acids is 2. The lowest BCUT2D eigenvalue weighted by Crippen LogP contribution is -2.39. The lowest BCUT2D eigenvalue weighted by molar-refractivity contribution is -0.117. The van der Waals surface area contributed by atoms with E-state index in [1.54, 1.807) is 30.3 Å². The molecule has 0 aliphatic heterocycles.